The highest BCUT2D eigenvalue weighted by Gasteiger charge is 2.16. The number of nitrogens with one attached hydrogen (secondary N) is 3. The van der Waals surface area contributed by atoms with Crippen LogP contribution in [-0.2, 0) is 22.4 Å². The van der Waals surface area contributed by atoms with Crippen LogP contribution in [0.4, 0.5) is 5.82 Å². The van der Waals surface area contributed by atoms with Gasteiger partial charge in [0.05, 0.1) is 24.5 Å². The van der Waals surface area contributed by atoms with Gasteiger partial charge in [0, 0.05) is 18.7 Å². The van der Waals surface area contributed by atoms with Crippen LogP contribution >= 0.6 is 0 Å². The molecule has 0 spiro atoms. The molecule has 0 saturated carbocycles. The van der Waals surface area contributed by atoms with E-state index in [0.717, 1.165) is 29.8 Å². The van der Waals surface area contributed by atoms with Crippen molar-refractivity contribution in [2.75, 3.05) is 25.5 Å². The van der Waals surface area contributed by atoms with Crippen LogP contribution in [0.15, 0.2) is 54.6 Å². The first-order chi connectivity index (χ1) is 14.6. The first kappa shape index (κ1) is 19.8. The average Bonchev–Trinajstić information content (AvgIpc) is 3.40. The Hall–Kier alpha value is -3.45. The van der Waals surface area contributed by atoms with Crippen LogP contribution < -0.4 is 16.0 Å². The van der Waals surface area contributed by atoms with Crippen LogP contribution in [-0.4, -0.2) is 41.7 Å². The maximum absolute atomic E-state index is 12.4. The number of carbonyl (C=O) groups excluding carboxylic acids is 2. The van der Waals surface area contributed by atoms with Gasteiger partial charge in [-0.05, 0) is 48.6 Å². The van der Waals surface area contributed by atoms with E-state index >= 15 is 0 Å². The number of aryl methyl sites for hydroxylation is 2. The number of hydrogen-bond donors (Lipinski definition) is 3. The molecule has 0 aliphatic heterocycles. The van der Waals surface area contributed by atoms with E-state index in [0.29, 0.717) is 5.82 Å². The van der Waals surface area contributed by atoms with Gasteiger partial charge in [0.1, 0.15) is 5.82 Å². The van der Waals surface area contributed by atoms with Crippen LogP contribution in [0.3, 0.4) is 0 Å². The number of benzene rings is 2. The number of nitrogens with zero attached hydrogens (tertiary/aromatic N) is 2. The highest BCUT2D eigenvalue weighted by atomic mass is 16.2. The van der Waals surface area contributed by atoms with Gasteiger partial charge >= 0.3 is 0 Å². The van der Waals surface area contributed by atoms with E-state index in [1.807, 2.05) is 36.4 Å². The maximum Gasteiger partial charge on any atom is 0.239 e. The molecule has 30 heavy (non-hydrogen) atoms. The van der Waals surface area contributed by atoms with Crippen molar-refractivity contribution in [2.45, 2.75) is 19.3 Å². The summed E-state index contributed by atoms with van der Waals surface area (Å²) in [5.74, 6) is 0.177. The third-order valence-corrected chi connectivity index (χ3v) is 5.22. The Labute approximate surface area is 175 Å². The second-order valence-electron chi connectivity index (χ2n) is 7.32. The Morgan fingerprint density at radius 3 is 2.53 bits per heavy atom. The van der Waals surface area contributed by atoms with E-state index < -0.39 is 0 Å². The molecule has 2 aromatic carbocycles. The predicted molar refractivity (Wildman–Crippen MR) is 117 cm³/mol. The molecule has 1 heterocycles. The molecule has 7 heteroatoms. The lowest BCUT2D eigenvalue weighted by Gasteiger charge is -2.09. The Morgan fingerprint density at radius 1 is 0.967 bits per heavy atom. The highest BCUT2D eigenvalue weighted by molar-refractivity contribution is 5.92. The van der Waals surface area contributed by atoms with Crippen molar-refractivity contribution in [3.63, 3.8) is 0 Å². The molecule has 0 atom stereocenters. The molecule has 0 bridgehead atoms. The Balaban J connectivity index is 1.59. The van der Waals surface area contributed by atoms with Crippen molar-refractivity contribution in [2.24, 2.45) is 0 Å². The molecular formula is C23H25N5O2. The van der Waals surface area contributed by atoms with Crippen molar-refractivity contribution in [1.29, 1.82) is 0 Å². The Bertz CT molecular complexity index is 1060. The minimum Gasteiger partial charge on any atom is -0.358 e. The van der Waals surface area contributed by atoms with E-state index in [1.165, 1.54) is 17.5 Å². The zero-order valence-corrected chi connectivity index (χ0v) is 16.9. The van der Waals surface area contributed by atoms with Crippen molar-refractivity contribution < 1.29 is 9.59 Å². The van der Waals surface area contributed by atoms with E-state index in [2.05, 4.69) is 34.1 Å². The van der Waals surface area contributed by atoms with Crippen molar-refractivity contribution in [3.05, 3.63) is 65.7 Å². The predicted octanol–water partition coefficient (Wildman–Crippen LogP) is 2.30. The van der Waals surface area contributed by atoms with E-state index in [4.69, 9.17) is 5.10 Å². The lowest BCUT2D eigenvalue weighted by molar-refractivity contribution is -0.120. The van der Waals surface area contributed by atoms with Crippen molar-refractivity contribution in [1.82, 2.24) is 20.4 Å². The van der Waals surface area contributed by atoms with Gasteiger partial charge in [-0.2, -0.15) is 5.10 Å². The number of fused-ring (bicyclic) bond motifs is 1. The summed E-state index contributed by atoms with van der Waals surface area (Å²) < 4.78 is 1.74. The average molecular weight is 403 g/mol. The number of carbonyl (C=O) groups is 2. The molecule has 2 amide bonds. The molecule has 3 N–H and O–H groups in total. The molecule has 0 fully saturated rings. The summed E-state index contributed by atoms with van der Waals surface area (Å²) in [6, 6.07) is 18.1. The second kappa shape index (κ2) is 8.92. The SMILES string of the molecule is CNC(=O)CNCC(=O)Nc1cc(-c2ccc3c(c2)CCC3)nn1-c1ccccc1. The molecular weight excluding hydrogens is 378 g/mol. The number of likely N-dealkylation sites (N-methyl/N-ethyl adjacent to an activating group) is 1. The normalized spacial score (nSPS) is 12.4. The van der Waals surface area contributed by atoms with E-state index in [-0.39, 0.29) is 24.9 Å². The van der Waals surface area contributed by atoms with Gasteiger partial charge in [-0.25, -0.2) is 4.68 Å². The standard InChI is InChI=1S/C23H25N5O2/c1-24-22(29)14-25-15-23(30)26-21-13-20(27-28(21)19-8-3-2-4-9-19)18-11-10-16-6-5-7-17(16)12-18/h2-4,8-13,25H,5-7,14-15H2,1H3,(H,24,29)(H,26,30). The van der Waals surface area contributed by atoms with Gasteiger partial charge < -0.3 is 10.6 Å². The van der Waals surface area contributed by atoms with Gasteiger partial charge in [-0.15, -0.1) is 0 Å². The van der Waals surface area contributed by atoms with Gasteiger partial charge in [-0.1, -0.05) is 30.3 Å². The van der Waals surface area contributed by atoms with Gasteiger partial charge in [0.2, 0.25) is 11.8 Å². The molecule has 3 aromatic rings. The molecule has 1 aromatic heterocycles. The largest absolute Gasteiger partial charge is 0.358 e. The van der Waals surface area contributed by atoms with Crippen LogP contribution in [0.25, 0.3) is 16.9 Å². The van der Waals surface area contributed by atoms with Crippen LogP contribution in [0.5, 0.6) is 0 Å². The Morgan fingerprint density at radius 2 is 1.73 bits per heavy atom. The summed E-state index contributed by atoms with van der Waals surface area (Å²) in [6.07, 6.45) is 3.43. The summed E-state index contributed by atoms with van der Waals surface area (Å²) in [6.45, 7) is 0.115. The molecule has 1 aliphatic carbocycles. The molecule has 154 valence electrons. The van der Waals surface area contributed by atoms with Crippen LogP contribution in [0.2, 0.25) is 0 Å². The summed E-state index contributed by atoms with van der Waals surface area (Å²) in [5.41, 5.74) is 5.50. The maximum atomic E-state index is 12.4. The number of amides is 2. The smallest absolute Gasteiger partial charge is 0.239 e. The summed E-state index contributed by atoms with van der Waals surface area (Å²) in [5, 5.41) is 13.0. The third-order valence-electron chi connectivity index (χ3n) is 5.22. The summed E-state index contributed by atoms with van der Waals surface area (Å²) in [4.78, 5) is 23.7. The summed E-state index contributed by atoms with van der Waals surface area (Å²) >= 11 is 0. The minimum atomic E-state index is -0.239. The van der Waals surface area contributed by atoms with E-state index in [9.17, 15) is 9.59 Å². The molecule has 0 radical (unpaired) electrons. The number of hydrogen-bond acceptors (Lipinski definition) is 4. The third kappa shape index (κ3) is 4.41. The topological polar surface area (TPSA) is 88.1 Å². The number of para-hydroxylation sites is 1. The fourth-order valence-electron chi connectivity index (χ4n) is 3.67. The zero-order valence-electron chi connectivity index (χ0n) is 16.9. The Kier molecular flexibility index (Phi) is 5.90. The molecule has 0 saturated heterocycles. The van der Waals surface area contributed by atoms with Crippen LogP contribution in [0.1, 0.15) is 17.5 Å². The monoisotopic (exact) mass is 403 g/mol. The summed E-state index contributed by atoms with van der Waals surface area (Å²) in [7, 11) is 1.56. The van der Waals surface area contributed by atoms with Gasteiger partial charge in [-0.3, -0.25) is 14.9 Å². The quantitative estimate of drug-likeness (QED) is 0.565. The number of rotatable bonds is 7. The second-order valence-corrected chi connectivity index (χ2v) is 7.32. The van der Waals surface area contributed by atoms with Crippen molar-refractivity contribution >= 4 is 17.6 Å². The van der Waals surface area contributed by atoms with Gasteiger partial charge in [0.15, 0.2) is 0 Å². The fourth-order valence-corrected chi connectivity index (χ4v) is 3.67. The van der Waals surface area contributed by atoms with E-state index in [1.54, 1.807) is 11.7 Å². The lowest BCUT2D eigenvalue weighted by Crippen LogP contribution is -2.36. The number of anilines is 1. The zero-order chi connectivity index (χ0) is 20.9. The highest BCUT2D eigenvalue weighted by Crippen LogP contribution is 2.29. The molecule has 4 rings (SSSR count). The molecule has 1 aliphatic rings. The van der Waals surface area contributed by atoms with Crippen molar-refractivity contribution in [3.8, 4) is 16.9 Å². The van der Waals surface area contributed by atoms with Crippen LogP contribution in [0, 0.1) is 0 Å². The molecule has 0 unspecified atom stereocenters. The fraction of sp³-hybridized carbons (Fsp3) is 0.261. The first-order valence-electron chi connectivity index (χ1n) is 10.1. The van der Waals surface area contributed by atoms with Gasteiger partial charge in [0.25, 0.3) is 0 Å². The lowest BCUT2D eigenvalue weighted by atomic mass is 10.0. The first-order valence-corrected chi connectivity index (χ1v) is 10.1. The number of aromatic nitrogens is 2. The molecule has 7 nitrogen and oxygen atoms in total. The minimum absolute atomic E-state index is 0.0293.